The highest BCUT2D eigenvalue weighted by Crippen LogP contribution is 2.47. The predicted octanol–water partition coefficient (Wildman–Crippen LogP) is 5.81. The Hall–Kier alpha value is -3.25. The molecule has 5 nitrogen and oxygen atoms in total. The summed E-state index contributed by atoms with van der Waals surface area (Å²) in [5, 5.41) is 5.04. The van der Waals surface area contributed by atoms with Gasteiger partial charge in [0.25, 0.3) is 5.91 Å². The van der Waals surface area contributed by atoms with E-state index in [-0.39, 0.29) is 29.7 Å². The highest BCUT2D eigenvalue weighted by atomic mass is 32.1. The maximum absolute atomic E-state index is 13.9. The second-order valence-corrected chi connectivity index (χ2v) is 9.78. The highest BCUT2D eigenvalue weighted by Gasteiger charge is 2.47. The van der Waals surface area contributed by atoms with Gasteiger partial charge >= 0.3 is 0 Å². The van der Waals surface area contributed by atoms with Crippen LogP contribution in [-0.2, 0) is 4.79 Å². The number of carbonyl (C=O) groups is 3. The monoisotopic (exact) mass is 458 g/mol. The summed E-state index contributed by atoms with van der Waals surface area (Å²) in [6, 6.07) is 18.3. The van der Waals surface area contributed by atoms with Crippen LogP contribution in [0.4, 0.5) is 5.69 Å². The van der Waals surface area contributed by atoms with Crippen LogP contribution in [0.3, 0.4) is 0 Å². The molecule has 1 N–H and O–H groups in total. The van der Waals surface area contributed by atoms with Gasteiger partial charge in [-0.25, -0.2) is 0 Å². The molecule has 2 aromatic carbocycles. The number of carbonyl (C=O) groups excluding carboxylic acids is 3. The zero-order chi connectivity index (χ0) is 22.9. The number of nitrogens with zero attached hydrogens (tertiary/aromatic N) is 1. The Morgan fingerprint density at radius 3 is 2.52 bits per heavy atom. The fourth-order valence-electron chi connectivity index (χ4n) is 5.22. The first kappa shape index (κ1) is 21.6. The number of ketones is 1. The van der Waals surface area contributed by atoms with Crippen molar-refractivity contribution in [2.24, 2.45) is 0 Å². The molecule has 2 amide bonds. The summed E-state index contributed by atoms with van der Waals surface area (Å²) < 4.78 is 0. The van der Waals surface area contributed by atoms with E-state index in [0.29, 0.717) is 16.8 Å². The van der Waals surface area contributed by atoms with Gasteiger partial charge in [0, 0.05) is 27.7 Å². The van der Waals surface area contributed by atoms with E-state index in [2.05, 4.69) is 5.32 Å². The van der Waals surface area contributed by atoms with Gasteiger partial charge in [0.15, 0.2) is 5.78 Å². The quantitative estimate of drug-likeness (QED) is 0.491. The van der Waals surface area contributed by atoms with Crippen molar-refractivity contribution in [1.29, 1.82) is 0 Å². The first-order valence-electron chi connectivity index (χ1n) is 11.4. The van der Waals surface area contributed by atoms with Gasteiger partial charge in [-0.2, -0.15) is 0 Å². The third-order valence-electron chi connectivity index (χ3n) is 6.75. The van der Waals surface area contributed by atoms with Crippen LogP contribution in [0.1, 0.15) is 75.7 Å². The third-order valence-corrected chi connectivity index (χ3v) is 7.69. The molecule has 3 aromatic rings. The Labute approximate surface area is 197 Å². The normalized spacial score (nSPS) is 20.5. The molecule has 1 aromatic heterocycles. The lowest BCUT2D eigenvalue weighted by molar-refractivity contribution is -0.119. The summed E-state index contributed by atoms with van der Waals surface area (Å²) in [6.07, 6.45) is 4.12. The van der Waals surface area contributed by atoms with E-state index in [1.165, 1.54) is 6.92 Å². The summed E-state index contributed by atoms with van der Waals surface area (Å²) >= 11 is 1.58. The van der Waals surface area contributed by atoms with Crippen LogP contribution in [0.25, 0.3) is 0 Å². The molecule has 5 rings (SSSR count). The maximum atomic E-state index is 13.9. The van der Waals surface area contributed by atoms with Crippen LogP contribution >= 0.6 is 11.3 Å². The molecular weight excluding hydrogens is 432 g/mol. The van der Waals surface area contributed by atoms with Crippen molar-refractivity contribution >= 4 is 34.6 Å². The van der Waals surface area contributed by atoms with Crippen molar-refractivity contribution < 1.29 is 14.4 Å². The summed E-state index contributed by atoms with van der Waals surface area (Å²) in [5.74, 6) is -0.752. The average molecular weight is 459 g/mol. The molecule has 1 aliphatic heterocycles. The summed E-state index contributed by atoms with van der Waals surface area (Å²) in [4.78, 5) is 42.4. The number of amides is 2. The lowest BCUT2D eigenvalue weighted by Gasteiger charge is -2.44. The summed E-state index contributed by atoms with van der Waals surface area (Å²) in [6.45, 7) is 1.51. The van der Waals surface area contributed by atoms with E-state index in [1.807, 2.05) is 46.7 Å². The standard InChI is InChI=1S/C27H26N2O3S/c1-17(30)18-8-6-9-19(16-18)28-26(31)24-21-12-4-5-13-22(21)27(32)29(20-10-2-3-11-20)25(24)23-14-7-15-33-23/h4-9,12-16,20,24-25H,2-3,10-11H2,1H3,(H,28,31)/t24-,25-/m0/s1. The Morgan fingerprint density at radius 2 is 1.79 bits per heavy atom. The van der Waals surface area contributed by atoms with Gasteiger partial charge in [-0.3, -0.25) is 14.4 Å². The van der Waals surface area contributed by atoms with Crippen LogP contribution in [0.2, 0.25) is 0 Å². The molecule has 0 unspecified atom stereocenters. The summed E-state index contributed by atoms with van der Waals surface area (Å²) in [7, 11) is 0. The molecule has 2 aliphatic rings. The molecule has 33 heavy (non-hydrogen) atoms. The molecular formula is C27H26N2O3S. The zero-order valence-electron chi connectivity index (χ0n) is 18.5. The molecule has 0 spiro atoms. The lowest BCUT2D eigenvalue weighted by Crippen LogP contribution is -2.49. The zero-order valence-corrected chi connectivity index (χ0v) is 19.3. The van der Waals surface area contributed by atoms with Crippen molar-refractivity contribution in [1.82, 2.24) is 4.90 Å². The average Bonchev–Trinajstić information content (AvgIpc) is 3.53. The van der Waals surface area contributed by atoms with Crippen LogP contribution < -0.4 is 5.32 Å². The van der Waals surface area contributed by atoms with E-state index < -0.39 is 5.92 Å². The number of nitrogens with one attached hydrogen (secondary N) is 1. The van der Waals surface area contributed by atoms with Crippen LogP contribution in [-0.4, -0.2) is 28.5 Å². The minimum atomic E-state index is -0.542. The molecule has 2 heterocycles. The van der Waals surface area contributed by atoms with Crippen LogP contribution in [0.5, 0.6) is 0 Å². The van der Waals surface area contributed by atoms with E-state index in [9.17, 15) is 14.4 Å². The van der Waals surface area contributed by atoms with E-state index in [4.69, 9.17) is 0 Å². The van der Waals surface area contributed by atoms with Crippen molar-refractivity contribution in [3.8, 4) is 0 Å². The Bertz CT molecular complexity index is 1200. The maximum Gasteiger partial charge on any atom is 0.254 e. The van der Waals surface area contributed by atoms with Gasteiger partial charge in [0.05, 0.1) is 12.0 Å². The van der Waals surface area contributed by atoms with Crippen LogP contribution in [0, 0.1) is 0 Å². The largest absolute Gasteiger partial charge is 0.327 e. The number of hydrogen-bond donors (Lipinski definition) is 1. The molecule has 1 aliphatic carbocycles. The second kappa shape index (κ2) is 8.94. The Morgan fingerprint density at radius 1 is 1.00 bits per heavy atom. The lowest BCUT2D eigenvalue weighted by atomic mass is 9.80. The minimum absolute atomic E-state index is 0.0125. The van der Waals surface area contributed by atoms with Crippen LogP contribution in [0.15, 0.2) is 66.0 Å². The molecule has 0 radical (unpaired) electrons. The van der Waals surface area contributed by atoms with Gasteiger partial charge in [0.2, 0.25) is 5.91 Å². The predicted molar refractivity (Wildman–Crippen MR) is 130 cm³/mol. The SMILES string of the molecule is CC(=O)c1cccc(NC(=O)[C@H]2c3ccccc3C(=O)N(C3CCCC3)[C@H]2c2cccs2)c1. The molecule has 6 heteroatoms. The molecule has 2 atom stereocenters. The van der Waals surface area contributed by atoms with Gasteiger partial charge < -0.3 is 10.2 Å². The number of anilines is 1. The van der Waals surface area contributed by atoms with E-state index >= 15 is 0 Å². The van der Waals surface area contributed by atoms with Crippen molar-refractivity contribution in [2.75, 3.05) is 5.32 Å². The number of hydrogen-bond acceptors (Lipinski definition) is 4. The Kier molecular flexibility index (Phi) is 5.85. The second-order valence-electron chi connectivity index (χ2n) is 8.80. The van der Waals surface area contributed by atoms with Gasteiger partial charge in [-0.05, 0) is 55.0 Å². The van der Waals surface area contributed by atoms with Crippen molar-refractivity contribution in [3.63, 3.8) is 0 Å². The molecule has 0 saturated heterocycles. The fraction of sp³-hybridized carbons (Fsp3) is 0.296. The van der Waals surface area contributed by atoms with Gasteiger partial charge in [0.1, 0.15) is 0 Å². The van der Waals surface area contributed by atoms with Crippen molar-refractivity contribution in [3.05, 3.63) is 87.6 Å². The topological polar surface area (TPSA) is 66.5 Å². The minimum Gasteiger partial charge on any atom is -0.327 e. The first-order valence-corrected chi connectivity index (χ1v) is 12.3. The molecule has 1 saturated carbocycles. The van der Waals surface area contributed by atoms with E-state index in [1.54, 1.807) is 35.6 Å². The highest BCUT2D eigenvalue weighted by molar-refractivity contribution is 7.10. The smallest absolute Gasteiger partial charge is 0.254 e. The molecule has 168 valence electrons. The van der Waals surface area contributed by atoms with Gasteiger partial charge in [-0.1, -0.05) is 49.2 Å². The molecule has 1 fully saturated rings. The number of fused-ring (bicyclic) bond motifs is 1. The number of Topliss-reactive ketones (excluding diaryl/α,β-unsaturated/α-hetero) is 1. The number of rotatable bonds is 5. The van der Waals surface area contributed by atoms with Gasteiger partial charge in [-0.15, -0.1) is 11.3 Å². The third kappa shape index (κ3) is 4.00. The van der Waals surface area contributed by atoms with E-state index in [0.717, 1.165) is 36.1 Å². The number of benzene rings is 2. The van der Waals surface area contributed by atoms with Crippen molar-refractivity contribution in [2.45, 2.75) is 50.6 Å². The summed E-state index contributed by atoms with van der Waals surface area (Å²) in [5.41, 5.74) is 2.50. The number of thiophene rings is 1. The molecule has 0 bridgehead atoms. The first-order chi connectivity index (χ1) is 16.0. The fourth-order valence-corrected chi connectivity index (χ4v) is 6.08. The Balaban J connectivity index is 1.60.